The van der Waals surface area contributed by atoms with Crippen LogP contribution in [0.25, 0.3) is 0 Å². The second kappa shape index (κ2) is 12.9. The molecule has 0 aliphatic rings. The Balaban J connectivity index is 2.05. The van der Waals surface area contributed by atoms with Gasteiger partial charge in [-0.05, 0) is 37.0 Å². The molecule has 0 unspecified atom stereocenters. The average molecular weight is 378 g/mol. The Bertz CT molecular complexity index is 606. The zero-order chi connectivity index (χ0) is 20.1. The van der Waals surface area contributed by atoms with Crippen molar-refractivity contribution >= 4 is 11.8 Å². The van der Waals surface area contributed by atoms with Crippen molar-refractivity contribution < 1.29 is 30.0 Å². The third-order valence-corrected chi connectivity index (χ3v) is 4.26. The van der Waals surface area contributed by atoms with Crippen molar-refractivity contribution in [3.8, 4) is 5.75 Å². The SMILES string of the molecule is O=C(O)C[C@@H](O)CC(=O)C=C(O)CCCCCCCCc1ccc(O)cc1. The third-order valence-electron chi connectivity index (χ3n) is 4.26. The Hall–Kier alpha value is -2.34. The fourth-order valence-corrected chi connectivity index (χ4v) is 2.83. The van der Waals surface area contributed by atoms with Crippen LogP contribution in [0, 0.1) is 0 Å². The number of allylic oxidation sites excluding steroid dienone is 2. The smallest absolute Gasteiger partial charge is 0.305 e. The molecule has 0 saturated heterocycles. The van der Waals surface area contributed by atoms with E-state index in [9.17, 15) is 24.9 Å². The van der Waals surface area contributed by atoms with E-state index in [0.29, 0.717) is 6.42 Å². The molecule has 6 nitrogen and oxygen atoms in total. The van der Waals surface area contributed by atoms with Gasteiger partial charge in [-0.15, -0.1) is 0 Å². The quantitative estimate of drug-likeness (QED) is 0.222. The number of hydrogen-bond donors (Lipinski definition) is 4. The predicted octanol–water partition coefficient (Wildman–Crippen LogP) is 3.90. The summed E-state index contributed by atoms with van der Waals surface area (Å²) in [4.78, 5) is 22.0. The van der Waals surface area contributed by atoms with Crippen LogP contribution in [0.2, 0.25) is 0 Å². The topological polar surface area (TPSA) is 115 Å². The molecule has 0 saturated carbocycles. The summed E-state index contributed by atoms with van der Waals surface area (Å²) in [5.74, 6) is -1.36. The maximum absolute atomic E-state index is 11.6. The number of aliphatic hydroxyl groups is 2. The van der Waals surface area contributed by atoms with E-state index in [2.05, 4.69) is 0 Å². The number of phenols is 1. The summed E-state index contributed by atoms with van der Waals surface area (Å²) in [5, 5.41) is 36.9. The molecule has 0 aliphatic heterocycles. The van der Waals surface area contributed by atoms with Gasteiger partial charge in [-0.25, -0.2) is 0 Å². The predicted molar refractivity (Wildman–Crippen MR) is 103 cm³/mol. The van der Waals surface area contributed by atoms with Gasteiger partial charge in [0.15, 0.2) is 5.78 Å². The Morgan fingerprint density at radius 1 is 0.889 bits per heavy atom. The molecule has 150 valence electrons. The highest BCUT2D eigenvalue weighted by molar-refractivity contribution is 5.90. The Morgan fingerprint density at radius 2 is 1.48 bits per heavy atom. The number of unbranched alkanes of at least 4 members (excludes halogenated alkanes) is 5. The van der Waals surface area contributed by atoms with Crippen LogP contribution in [-0.2, 0) is 16.0 Å². The highest BCUT2D eigenvalue weighted by Crippen LogP contribution is 2.14. The minimum absolute atomic E-state index is 0.0187. The summed E-state index contributed by atoms with van der Waals surface area (Å²) in [6.45, 7) is 0. The number of aliphatic hydroxyl groups excluding tert-OH is 2. The monoisotopic (exact) mass is 378 g/mol. The van der Waals surface area contributed by atoms with Crippen LogP contribution in [0.4, 0.5) is 0 Å². The van der Waals surface area contributed by atoms with Crippen molar-refractivity contribution in [1.82, 2.24) is 0 Å². The molecule has 0 aliphatic carbocycles. The molecule has 1 rings (SSSR count). The summed E-state index contributed by atoms with van der Waals surface area (Å²) in [5.41, 5.74) is 1.22. The van der Waals surface area contributed by atoms with Crippen molar-refractivity contribution in [1.29, 1.82) is 0 Å². The van der Waals surface area contributed by atoms with Crippen LogP contribution >= 0.6 is 0 Å². The van der Waals surface area contributed by atoms with Crippen LogP contribution in [0.1, 0.15) is 63.4 Å². The number of rotatable bonds is 14. The van der Waals surface area contributed by atoms with Gasteiger partial charge in [0.2, 0.25) is 0 Å². The first-order valence-electron chi connectivity index (χ1n) is 9.47. The molecule has 0 heterocycles. The van der Waals surface area contributed by atoms with E-state index in [0.717, 1.165) is 51.0 Å². The first kappa shape index (κ1) is 22.7. The summed E-state index contributed by atoms with van der Waals surface area (Å²) in [6.07, 6.45) is 6.66. The molecule has 6 heteroatoms. The zero-order valence-electron chi connectivity index (χ0n) is 15.6. The summed E-state index contributed by atoms with van der Waals surface area (Å²) < 4.78 is 0. The summed E-state index contributed by atoms with van der Waals surface area (Å²) in [7, 11) is 0. The number of benzene rings is 1. The van der Waals surface area contributed by atoms with Gasteiger partial charge in [0.05, 0.1) is 18.3 Å². The molecule has 0 spiro atoms. The lowest BCUT2D eigenvalue weighted by molar-refractivity contribution is -0.139. The van der Waals surface area contributed by atoms with E-state index in [1.165, 1.54) is 5.56 Å². The number of carbonyl (C=O) groups excluding carboxylic acids is 1. The van der Waals surface area contributed by atoms with Crippen LogP contribution in [0.15, 0.2) is 36.1 Å². The Labute approximate surface area is 160 Å². The second-order valence-corrected chi connectivity index (χ2v) is 6.85. The molecule has 0 aromatic heterocycles. The average Bonchev–Trinajstić information content (AvgIpc) is 2.57. The molecule has 0 radical (unpaired) electrons. The standard InChI is InChI=1S/C21H30O6/c22-17-11-9-16(10-12-17)7-5-3-1-2-4-6-8-18(23)13-19(24)14-20(25)15-21(26)27/h9-13,20,22-23,25H,1-8,14-15H2,(H,26,27)/t20-/m0/s1. The number of ketones is 1. The largest absolute Gasteiger partial charge is 0.512 e. The molecule has 0 fully saturated rings. The number of aryl methyl sites for hydroxylation is 1. The van der Waals surface area contributed by atoms with E-state index < -0.39 is 24.3 Å². The van der Waals surface area contributed by atoms with Gasteiger partial charge in [-0.3, -0.25) is 9.59 Å². The number of carbonyl (C=O) groups is 2. The highest BCUT2D eigenvalue weighted by atomic mass is 16.4. The molecule has 1 aromatic rings. The Morgan fingerprint density at radius 3 is 2.11 bits per heavy atom. The lowest BCUT2D eigenvalue weighted by Gasteiger charge is -2.05. The van der Waals surface area contributed by atoms with Crippen LogP contribution in [0.3, 0.4) is 0 Å². The molecular weight excluding hydrogens is 348 g/mol. The van der Waals surface area contributed by atoms with E-state index in [-0.39, 0.29) is 17.9 Å². The van der Waals surface area contributed by atoms with Crippen LogP contribution in [0.5, 0.6) is 5.75 Å². The van der Waals surface area contributed by atoms with E-state index in [1.54, 1.807) is 12.1 Å². The van der Waals surface area contributed by atoms with Gasteiger partial charge < -0.3 is 20.4 Å². The third kappa shape index (κ3) is 11.8. The van der Waals surface area contributed by atoms with Gasteiger partial charge in [0.1, 0.15) is 5.75 Å². The van der Waals surface area contributed by atoms with Gasteiger partial charge in [-0.2, -0.15) is 0 Å². The minimum atomic E-state index is -1.22. The number of phenolic OH excluding ortho intramolecular Hbond substituents is 1. The van der Waals surface area contributed by atoms with Crippen molar-refractivity contribution in [2.24, 2.45) is 0 Å². The zero-order valence-corrected chi connectivity index (χ0v) is 15.6. The van der Waals surface area contributed by atoms with E-state index in [4.69, 9.17) is 5.11 Å². The van der Waals surface area contributed by atoms with Gasteiger partial charge >= 0.3 is 5.97 Å². The lowest BCUT2D eigenvalue weighted by Crippen LogP contribution is -2.16. The fourth-order valence-electron chi connectivity index (χ4n) is 2.83. The van der Waals surface area contributed by atoms with Gasteiger partial charge in [-0.1, -0.05) is 37.8 Å². The van der Waals surface area contributed by atoms with Crippen molar-refractivity contribution in [3.05, 3.63) is 41.7 Å². The highest BCUT2D eigenvalue weighted by Gasteiger charge is 2.13. The minimum Gasteiger partial charge on any atom is -0.512 e. The van der Waals surface area contributed by atoms with E-state index in [1.807, 2.05) is 12.1 Å². The fraction of sp³-hybridized carbons (Fsp3) is 0.524. The molecule has 1 atom stereocenters. The number of carboxylic acid groups (broad SMARTS) is 1. The Kier molecular flexibility index (Phi) is 10.9. The van der Waals surface area contributed by atoms with Gasteiger partial charge in [0, 0.05) is 18.9 Å². The summed E-state index contributed by atoms with van der Waals surface area (Å²) >= 11 is 0. The number of hydrogen-bond acceptors (Lipinski definition) is 5. The number of aliphatic carboxylic acids is 1. The molecule has 0 amide bonds. The van der Waals surface area contributed by atoms with Crippen LogP contribution in [-0.4, -0.2) is 38.3 Å². The summed E-state index contributed by atoms with van der Waals surface area (Å²) in [6, 6.07) is 7.28. The molecule has 4 N–H and O–H groups in total. The van der Waals surface area contributed by atoms with E-state index >= 15 is 0 Å². The van der Waals surface area contributed by atoms with Crippen LogP contribution < -0.4 is 0 Å². The molecule has 27 heavy (non-hydrogen) atoms. The maximum atomic E-state index is 11.6. The molecule has 1 aromatic carbocycles. The second-order valence-electron chi connectivity index (χ2n) is 6.85. The first-order valence-corrected chi connectivity index (χ1v) is 9.47. The van der Waals surface area contributed by atoms with Crippen molar-refractivity contribution in [3.63, 3.8) is 0 Å². The number of carboxylic acids is 1. The molecule has 0 bridgehead atoms. The maximum Gasteiger partial charge on any atom is 0.305 e. The normalized spacial score (nSPS) is 12.7. The first-order chi connectivity index (χ1) is 12.9. The molecular formula is C21H30O6. The van der Waals surface area contributed by atoms with Crippen molar-refractivity contribution in [2.75, 3.05) is 0 Å². The lowest BCUT2D eigenvalue weighted by atomic mass is 10.0. The number of aromatic hydroxyl groups is 1. The van der Waals surface area contributed by atoms with Gasteiger partial charge in [0.25, 0.3) is 0 Å². The van der Waals surface area contributed by atoms with Crippen molar-refractivity contribution in [2.45, 2.75) is 70.3 Å².